The molecule has 3 nitrogen and oxygen atoms in total. The first kappa shape index (κ1) is 10.4. The molecule has 0 atom stereocenters. The highest BCUT2D eigenvalue weighted by molar-refractivity contribution is 14.1. The van der Waals surface area contributed by atoms with E-state index in [9.17, 15) is 0 Å². The van der Waals surface area contributed by atoms with Crippen molar-refractivity contribution in [2.45, 2.75) is 6.54 Å². The summed E-state index contributed by atoms with van der Waals surface area (Å²) in [5.74, 6) is 0.919. The lowest BCUT2D eigenvalue weighted by atomic mass is 10.3. The summed E-state index contributed by atoms with van der Waals surface area (Å²) in [5.41, 5.74) is 7.52. The van der Waals surface area contributed by atoms with Gasteiger partial charge in [-0.2, -0.15) is 0 Å². The van der Waals surface area contributed by atoms with Gasteiger partial charge in [-0.3, -0.25) is 0 Å². The molecule has 1 aromatic carbocycles. The second-order valence-corrected chi connectivity index (χ2v) is 4.33. The monoisotopic (exact) mass is 314 g/mol. The molecule has 1 heterocycles. The van der Waals surface area contributed by atoms with Crippen LogP contribution < -0.4 is 11.1 Å². The van der Waals surface area contributed by atoms with Gasteiger partial charge in [-0.1, -0.05) is 0 Å². The molecule has 0 bridgehead atoms. The minimum Gasteiger partial charge on any atom is -0.467 e. The minimum atomic E-state index is 0.687. The fraction of sp³-hybridized carbons (Fsp3) is 0.0909. The predicted octanol–water partition coefficient (Wildman–Crippen LogP) is 3.08. The molecule has 2 aromatic rings. The molecule has 4 heteroatoms. The molecule has 1 aromatic heterocycles. The number of anilines is 2. The van der Waals surface area contributed by atoms with Gasteiger partial charge in [-0.25, -0.2) is 0 Å². The molecule has 0 saturated carbocycles. The molecule has 0 unspecified atom stereocenters. The second kappa shape index (κ2) is 4.57. The lowest BCUT2D eigenvalue weighted by molar-refractivity contribution is 0.518. The number of rotatable bonds is 3. The first-order valence-electron chi connectivity index (χ1n) is 4.57. The van der Waals surface area contributed by atoms with Crippen LogP contribution in [-0.2, 0) is 6.54 Å². The van der Waals surface area contributed by atoms with Crippen molar-refractivity contribution in [1.29, 1.82) is 0 Å². The Hall–Kier alpha value is -1.17. The Morgan fingerprint density at radius 3 is 2.87 bits per heavy atom. The summed E-state index contributed by atoms with van der Waals surface area (Å²) >= 11 is 2.25. The van der Waals surface area contributed by atoms with E-state index in [2.05, 4.69) is 27.9 Å². The first-order chi connectivity index (χ1) is 7.25. The Balaban J connectivity index is 2.05. The van der Waals surface area contributed by atoms with Crippen molar-refractivity contribution in [2.24, 2.45) is 0 Å². The van der Waals surface area contributed by atoms with Crippen LogP contribution in [0, 0.1) is 3.57 Å². The minimum absolute atomic E-state index is 0.687. The van der Waals surface area contributed by atoms with Crippen LogP contribution in [0.15, 0.2) is 41.0 Å². The van der Waals surface area contributed by atoms with Gasteiger partial charge in [0.25, 0.3) is 0 Å². The van der Waals surface area contributed by atoms with Gasteiger partial charge in [0.15, 0.2) is 0 Å². The predicted molar refractivity (Wildman–Crippen MR) is 69.6 cm³/mol. The van der Waals surface area contributed by atoms with Crippen molar-refractivity contribution in [3.63, 3.8) is 0 Å². The summed E-state index contributed by atoms with van der Waals surface area (Å²) in [5, 5.41) is 3.29. The van der Waals surface area contributed by atoms with E-state index in [1.165, 1.54) is 0 Å². The van der Waals surface area contributed by atoms with Gasteiger partial charge in [-0.15, -0.1) is 0 Å². The molecule has 0 spiro atoms. The van der Waals surface area contributed by atoms with E-state index in [1.54, 1.807) is 6.26 Å². The maximum atomic E-state index is 5.67. The van der Waals surface area contributed by atoms with Crippen LogP contribution in [-0.4, -0.2) is 0 Å². The third-order valence-electron chi connectivity index (χ3n) is 2.03. The van der Waals surface area contributed by atoms with Crippen molar-refractivity contribution >= 4 is 34.0 Å². The van der Waals surface area contributed by atoms with Crippen LogP contribution in [0.5, 0.6) is 0 Å². The number of halogens is 1. The summed E-state index contributed by atoms with van der Waals surface area (Å²) in [6.45, 7) is 0.687. The van der Waals surface area contributed by atoms with Crippen LogP contribution in [0.25, 0.3) is 0 Å². The van der Waals surface area contributed by atoms with E-state index in [-0.39, 0.29) is 0 Å². The maximum Gasteiger partial charge on any atom is 0.122 e. The highest BCUT2D eigenvalue weighted by atomic mass is 127. The number of benzene rings is 1. The first-order valence-corrected chi connectivity index (χ1v) is 5.65. The molecule has 15 heavy (non-hydrogen) atoms. The zero-order valence-corrected chi connectivity index (χ0v) is 10.2. The van der Waals surface area contributed by atoms with Gasteiger partial charge < -0.3 is 15.5 Å². The molecule has 0 saturated heterocycles. The number of furan rings is 1. The van der Waals surface area contributed by atoms with Gasteiger partial charge in [0.05, 0.1) is 12.8 Å². The lowest BCUT2D eigenvalue weighted by Gasteiger charge is -2.07. The van der Waals surface area contributed by atoms with E-state index in [1.807, 2.05) is 30.3 Å². The van der Waals surface area contributed by atoms with Crippen LogP contribution in [0.1, 0.15) is 5.76 Å². The summed E-state index contributed by atoms with van der Waals surface area (Å²) in [6.07, 6.45) is 1.67. The summed E-state index contributed by atoms with van der Waals surface area (Å²) in [4.78, 5) is 0. The standard InChI is InChI=1S/C11H11IN2O/c12-10-6-8(13)3-4-11(10)14-7-9-2-1-5-15-9/h1-6,14H,7,13H2. The highest BCUT2D eigenvalue weighted by Crippen LogP contribution is 2.21. The maximum absolute atomic E-state index is 5.67. The average Bonchev–Trinajstić information content (AvgIpc) is 2.69. The molecular weight excluding hydrogens is 303 g/mol. The Morgan fingerprint density at radius 1 is 1.33 bits per heavy atom. The summed E-state index contributed by atoms with van der Waals surface area (Å²) in [7, 11) is 0. The van der Waals surface area contributed by atoms with Crippen LogP contribution in [0.3, 0.4) is 0 Å². The van der Waals surface area contributed by atoms with Crippen molar-refractivity contribution in [3.8, 4) is 0 Å². The third-order valence-corrected chi connectivity index (χ3v) is 2.92. The second-order valence-electron chi connectivity index (χ2n) is 3.17. The van der Waals surface area contributed by atoms with Crippen molar-refractivity contribution in [1.82, 2.24) is 0 Å². The topological polar surface area (TPSA) is 51.2 Å². The van der Waals surface area contributed by atoms with Gasteiger partial charge in [0, 0.05) is 14.9 Å². The Labute approximate surface area is 102 Å². The summed E-state index contributed by atoms with van der Waals surface area (Å²) in [6, 6.07) is 9.61. The average molecular weight is 314 g/mol. The van der Waals surface area contributed by atoms with Crippen molar-refractivity contribution < 1.29 is 4.42 Å². The zero-order valence-electron chi connectivity index (χ0n) is 8.03. The molecule has 0 radical (unpaired) electrons. The molecule has 0 aliphatic carbocycles. The lowest BCUT2D eigenvalue weighted by Crippen LogP contribution is -2.00. The van der Waals surface area contributed by atoms with Crippen molar-refractivity contribution in [2.75, 3.05) is 11.1 Å². The number of hydrogen-bond donors (Lipinski definition) is 2. The zero-order chi connectivity index (χ0) is 10.7. The van der Waals surface area contributed by atoms with Crippen LogP contribution in [0.4, 0.5) is 11.4 Å². The Morgan fingerprint density at radius 2 is 2.20 bits per heavy atom. The van der Waals surface area contributed by atoms with E-state index < -0.39 is 0 Å². The van der Waals surface area contributed by atoms with Crippen molar-refractivity contribution in [3.05, 3.63) is 45.9 Å². The molecular formula is C11H11IN2O. The van der Waals surface area contributed by atoms with Crippen LogP contribution in [0.2, 0.25) is 0 Å². The molecule has 0 amide bonds. The van der Waals surface area contributed by atoms with E-state index in [0.717, 1.165) is 20.7 Å². The number of nitrogen functional groups attached to an aromatic ring is 1. The molecule has 0 aliphatic rings. The fourth-order valence-corrected chi connectivity index (χ4v) is 2.00. The Kier molecular flexibility index (Phi) is 3.15. The Bertz CT molecular complexity index is 440. The van der Waals surface area contributed by atoms with E-state index in [4.69, 9.17) is 10.2 Å². The van der Waals surface area contributed by atoms with Gasteiger partial charge in [-0.05, 0) is 52.9 Å². The largest absolute Gasteiger partial charge is 0.467 e. The van der Waals surface area contributed by atoms with Gasteiger partial charge in [0.2, 0.25) is 0 Å². The molecule has 3 N–H and O–H groups in total. The van der Waals surface area contributed by atoms with Gasteiger partial charge >= 0.3 is 0 Å². The van der Waals surface area contributed by atoms with E-state index in [0.29, 0.717) is 6.54 Å². The smallest absolute Gasteiger partial charge is 0.122 e. The molecule has 2 rings (SSSR count). The molecule has 78 valence electrons. The number of hydrogen-bond acceptors (Lipinski definition) is 3. The molecule has 0 fully saturated rings. The normalized spacial score (nSPS) is 10.2. The highest BCUT2D eigenvalue weighted by Gasteiger charge is 2.00. The quantitative estimate of drug-likeness (QED) is 0.676. The molecule has 0 aliphatic heterocycles. The number of nitrogens with two attached hydrogens (primary N) is 1. The van der Waals surface area contributed by atoms with E-state index >= 15 is 0 Å². The van der Waals surface area contributed by atoms with Crippen LogP contribution >= 0.6 is 22.6 Å². The summed E-state index contributed by atoms with van der Waals surface area (Å²) < 4.78 is 6.34. The SMILES string of the molecule is Nc1ccc(NCc2ccco2)c(I)c1. The fourth-order valence-electron chi connectivity index (χ4n) is 1.27. The third kappa shape index (κ3) is 2.65. The number of nitrogens with one attached hydrogen (secondary N) is 1. The van der Waals surface area contributed by atoms with Gasteiger partial charge in [0.1, 0.15) is 5.76 Å².